The van der Waals surface area contributed by atoms with Gasteiger partial charge in [-0.3, -0.25) is 24.6 Å². The lowest BCUT2D eigenvalue weighted by Gasteiger charge is -2.29. The highest BCUT2D eigenvalue weighted by atomic mass is 16.2. The molecule has 0 saturated carbocycles. The summed E-state index contributed by atoms with van der Waals surface area (Å²) in [7, 11) is 0. The smallest absolute Gasteiger partial charge is 0.246 e. The van der Waals surface area contributed by atoms with Crippen LogP contribution in [0.4, 0.5) is 5.69 Å². The Morgan fingerprint density at radius 2 is 2.20 bits per heavy atom. The summed E-state index contributed by atoms with van der Waals surface area (Å²) < 4.78 is 0. The lowest BCUT2D eigenvalue weighted by Crippen LogP contribution is -2.58. The minimum atomic E-state index is -0.445. The molecule has 1 fully saturated rings. The molecule has 106 valence electrons. The summed E-state index contributed by atoms with van der Waals surface area (Å²) in [6.07, 6.45) is 0. The first-order valence-corrected chi connectivity index (χ1v) is 6.41. The molecule has 20 heavy (non-hydrogen) atoms. The van der Waals surface area contributed by atoms with Crippen molar-refractivity contribution in [2.45, 2.75) is 19.9 Å². The number of aryl methyl sites for hydroxylation is 1. The molecule has 0 spiro atoms. The van der Waals surface area contributed by atoms with Crippen LogP contribution in [-0.4, -0.2) is 41.8 Å². The first-order chi connectivity index (χ1) is 9.47. The number of hydrogen-bond acceptors (Lipinski definition) is 4. The van der Waals surface area contributed by atoms with E-state index in [9.17, 15) is 14.4 Å². The van der Waals surface area contributed by atoms with Crippen LogP contribution >= 0.6 is 0 Å². The monoisotopic (exact) mass is 275 g/mol. The Labute approximate surface area is 117 Å². The number of benzene rings is 1. The Morgan fingerprint density at radius 3 is 2.90 bits per heavy atom. The molecular formula is C14H17N3O3. The zero-order valence-electron chi connectivity index (χ0n) is 11.5. The van der Waals surface area contributed by atoms with Crippen LogP contribution in [0.15, 0.2) is 24.3 Å². The second kappa shape index (κ2) is 5.83. The maximum atomic E-state index is 11.9. The maximum Gasteiger partial charge on any atom is 0.246 e. The fraction of sp³-hybridized carbons (Fsp3) is 0.357. The largest absolute Gasteiger partial charge is 0.325 e. The summed E-state index contributed by atoms with van der Waals surface area (Å²) in [6, 6.07) is 6.88. The number of piperazine rings is 1. The molecule has 1 saturated heterocycles. The molecule has 1 heterocycles. The van der Waals surface area contributed by atoms with Crippen molar-refractivity contribution >= 4 is 23.4 Å². The van der Waals surface area contributed by atoms with Gasteiger partial charge in [0.1, 0.15) is 6.54 Å². The fourth-order valence-corrected chi connectivity index (χ4v) is 2.01. The van der Waals surface area contributed by atoms with Gasteiger partial charge in [-0.1, -0.05) is 12.1 Å². The molecule has 6 nitrogen and oxygen atoms in total. The van der Waals surface area contributed by atoms with Gasteiger partial charge in [0.25, 0.3) is 0 Å². The summed E-state index contributed by atoms with van der Waals surface area (Å²) in [6.45, 7) is 3.41. The molecule has 1 aliphatic rings. The lowest BCUT2D eigenvalue weighted by molar-refractivity contribution is -0.150. The van der Waals surface area contributed by atoms with Crippen molar-refractivity contribution in [2.24, 2.45) is 0 Å². The van der Waals surface area contributed by atoms with Crippen molar-refractivity contribution in [2.75, 3.05) is 18.4 Å². The molecule has 1 unspecified atom stereocenters. The van der Waals surface area contributed by atoms with E-state index >= 15 is 0 Å². The van der Waals surface area contributed by atoms with Crippen LogP contribution in [0.25, 0.3) is 0 Å². The predicted octanol–water partition coefficient (Wildman–Crippen LogP) is 0.280. The number of imide groups is 1. The first kappa shape index (κ1) is 14.2. The number of nitrogens with one attached hydrogen (secondary N) is 2. The molecular weight excluding hydrogens is 258 g/mol. The van der Waals surface area contributed by atoms with Crippen molar-refractivity contribution in [1.82, 2.24) is 10.2 Å². The highest BCUT2D eigenvalue weighted by Crippen LogP contribution is 2.10. The molecule has 1 aromatic carbocycles. The molecule has 3 amide bonds. The number of nitrogens with zero attached hydrogens (tertiary/aromatic N) is 1. The van der Waals surface area contributed by atoms with E-state index < -0.39 is 6.04 Å². The number of rotatable bonds is 3. The van der Waals surface area contributed by atoms with Crippen molar-refractivity contribution < 1.29 is 14.4 Å². The Kier molecular flexibility index (Phi) is 4.14. The average molecular weight is 275 g/mol. The number of amides is 3. The number of hydrogen-bond donors (Lipinski definition) is 2. The molecule has 1 aromatic rings. The second-order valence-electron chi connectivity index (χ2n) is 4.84. The van der Waals surface area contributed by atoms with E-state index in [1.807, 2.05) is 25.1 Å². The van der Waals surface area contributed by atoms with Crippen LogP contribution in [0.3, 0.4) is 0 Å². The highest BCUT2D eigenvalue weighted by Gasteiger charge is 2.32. The van der Waals surface area contributed by atoms with Gasteiger partial charge in [-0.05, 0) is 31.5 Å². The van der Waals surface area contributed by atoms with E-state index in [-0.39, 0.29) is 30.8 Å². The Hall–Kier alpha value is -2.21. The quantitative estimate of drug-likeness (QED) is 0.777. The molecule has 0 bridgehead atoms. The van der Waals surface area contributed by atoms with Gasteiger partial charge in [0.15, 0.2) is 0 Å². The van der Waals surface area contributed by atoms with Crippen molar-refractivity contribution in [3.05, 3.63) is 29.8 Å². The molecule has 0 radical (unpaired) electrons. The van der Waals surface area contributed by atoms with E-state index in [1.165, 1.54) is 0 Å². The highest BCUT2D eigenvalue weighted by molar-refractivity contribution is 6.05. The lowest BCUT2D eigenvalue weighted by atomic mass is 10.2. The molecule has 1 aliphatic heterocycles. The van der Waals surface area contributed by atoms with Crippen LogP contribution in [0, 0.1) is 6.92 Å². The normalized spacial score (nSPS) is 19.1. The van der Waals surface area contributed by atoms with Crippen LogP contribution < -0.4 is 10.6 Å². The Morgan fingerprint density at radius 1 is 1.45 bits per heavy atom. The van der Waals surface area contributed by atoms with E-state index in [4.69, 9.17) is 0 Å². The molecule has 0 aliphatic carbocycles. The first-order valence-electron chi connectivity index (χ1n) is 6.41. The summed E-state index contributed by atoms with van der Waals surface area (Å²) in [5, 5.41) is 5.45. The molecule has 1 atom stereocenters. The SMILES string of the molecule is Cc1cccc(NC(=O)CN2C(=O)CNC(C)C2=O)c1. The van der Waals surface area contributed by atoms with Crippen molar-refractivity contribution in [3.63, 3.8) is 0 Å². The van der Waals surface area contributed by atoms with Crippen molar-refractivity contribution in [1.29, 1.82) is 0 Å². The summed E-state index contributed by atoms with van der Waals surface area (Å²) in [4.78, 5) is 36.4. The molecule has 0 aromatic heterocycles. The van der Waals surface area contributed by atoms with Crippen LogP contribution in [0.1, 0.15) is 12.5 Å². The van der Waals surface area contributed by atoms with E-state index in [1.54, 1.807) is 13.0 Å². The van der Waals surface area contributed by atoms with Crippen LogP contribution in [0.5, 0.6) is 0 Å². The molecule has 2 N–H and O–H groups in total. The van der Waals surface area contributed by atoms with Gasteiger partial charge >= 0.3 is 0 Å². The Balaban J connectivity index is 2.00. The van der Waals surface area contributed by atoms with Gasteiger partial charge in [-0.25, -0.2) is 0 Å². The van der Waals surface area contributed by atoms with Gasteiger partial charge in [0.05, 0.1) is 12.6 Å². The summed E-state index contributed by atoms with van der Waals surface area (Å²) >= 11 is 0. The second-order valence-corrected chi connectivity index (χ2v) is 4.84. The summed E-state index contributed by atoms with van der Waals surface area (Å²) in [5.41, 5.74) is 1.67. The summed E-state index contributed by atoms with van der Waals surface area (Å²) in [5.74, 6) is -1.14. The zero-order chi connectivity index (χ0) is 14.7. The third-order valence-corrected chi connectivity index (χ3v) is 3.10. The third kappa shape index (κ3) is 3.21. The van der Waals surface area contributed by atoms with E-state index in [0.717, 1.165) is 10.5 Å². The van der Waals surface area contributed by atoms with Crippen LogP contribution in [-0.2, 0) is 14.4 Å². The van der Waals surface area contributed by atoms with Gasteiger partial charge in [0, 0.05) is 5.69 Å². The van der Waals surface area contributed by atoms with Gasteiger partial charge < -0.3 is 5.32 Å². The number of anilines is 1. The van der Waals surface area contributed by atoms with E-state index in [0.29, 0.717) is 5.69 Å². The molecule has 2 rings (SSSR count). The third-order valence-electron chi connectivity index (χ3n) is 3.10. The number of carbonyl (C=O) groups excluding carboxylic acids is 3. The topological polar surface area (TPSA) is 78.5 Å². The molecule has 6 heteroatoms. The fourth-order valence-electron chi connectivity index (χ4n) is 2.01. The minimum Gasteiger partial charge on any atom is -0.325 e. The standard InChI is InChI=1S/C14H17N3O3/c1-9-4-3-5-11(6-9)16-12(18)8-17-13(19)7-15-10(2)14(17)20/h3-6,10,15H,7-8H2,1-2H3,(H,16,18). The Bertz CT molecular complexity index is 556. The zero-order valence-corrected chi connectivity index (χ0v) is 11.5. The minimum absolute atomic E-state index is 0.0740. The van der Waals surface area contributed by atoms with Crippen LogP contribution in [0.2, 0.25) is 0 Å². The van der Waals surface area contributed by atoms with Crippen molar-refractivity contribution in [3.8, 4) is 0 Å². The number of carbonyl (C=O) groups is 3. The average Bonchev–Trinajstić information content (AvgIpc) is 2.39. The van der Waals surface area contributed by atoms with E-state index in [2.05, 4.69) is 10.6 Å². The van der Waals surface area contributed by atoms with Gasteiger partial charge in [-0.15, -0.1) is 0 Å². The predicted molar refractivity (Wildman–Crippen MR) is 74.0 cm³/mol. The maximum absolute atomic E-state index is 11.9. The van der Waals surface area contributed by atoms with Gasteiger partial charge in [0.2, 0.25) is 17.7 Å². The van der Waals surface area contributed by atoms with Gasteiger partial charge in [-0.2, -0.15) is 0 Å².